The summed E-state index contributed by atoms with van der Waals surface area (Å²) in [5, 5.41) is 10.9. The van der Waals surface area contributed by atoms with E-state index < -0.39 is 11.9 Å². The summed E-state index contributed by atoms with van der Waals surface area (Å²) >= 11 is 1.44. The summed E-state index contributed by atoms with van der Waals surface area (Å²) in [6.07, 6.45) is 1.02. The fraction of sp³-hybridized carbons (Fsp3) is 0.526. The monoisotopic (exact) mass is 391 g/mol. The van der Waals surface area contributed by atoms with E-state index in [2.05, 4.69) is 9.88 Å². The second-order valence-corrected chi connectivity index (χ2v) is 8.68. The highest BCUT2D eigenvalue weighted by molar-refractivity contribution is 7.13. The van der Waals surface area contributed by atoms with Crippen LogP contribution in [0.1, 0.15) is 30.5 Å². The minimum atomic E-state index is -2.92. The van der Waals surface area contributed by atoms with Gasteiger partial charge < -0.3 is 10.0 Å². The zero-order valence-electron chi connectivity index (χ0n) is 14.6. The predicted octanol–water partition coefficient (Wildman–Crippen LogP) is 3.79. The van der Waals surface area contributed by atoms with Crippen LogP contribution in [0.3, 0.4) is 0 Å². The number of carbonyl (C=O) groups is 1. The fourth-order valence-corrected chi connectivity index (χ4v) is 5.37. The molecule has 2 fully saturated rings. The van der Waals surface area contributed by atoms with Crippen LogP contribution < -0.4 is 4.90 Å². The molecule has 0 bridgehead atoms. The highest BCUT2D eigenvalue weighted by atomic mass is 32.1. The van der Waals surface area contributed by atoms with Crippen molar-refractivity contribution in [3.8, 4) is 10.7 Å². The van der Waals surface area contributed by atoms with Crippen molar-refractivity contribution in [1.29, 1.82) is 0 Å². The number of piperidine rings is 1. The summed E-state index contributed by atoms with van der Waals surface area (Å²) in [6, 6.07) is 3.71. The van der Waals surface area contributed by atoms with Crippen molar-refractivity contribution < 1.29 is 18.7 Å². The number of carboxylic acids is 1. The van der Waals surface area contributed by atoms with Crippen molar-refractivity contribution >= 4 is 23.1 Å². The van der Waals surface area contributed by atoms with Crippen LogP contribution >= 0.6 is 11.3 Å². The molecule has 5 rings (SSSR count). The van der Waals surface area contributed by atoms with E-state index in [4.69, 9.17) is 10.1 Å². The maximum absolute atomic E-state index is 14.6. The van der Waals surface area contributed by atoms with Gasteiger partial charge in [-0.1, -0.05) is 6.07 Å². The first-order valence-corrected chi connectivity index (χ1v) is 10.1. The van der Waals surface area contributed by atoms with Crippen LogP contribution in [0.2, 0.25) is 0 Å². The molecule has 0 aromatic carbocycles. The number of fused-ring (bicyclic) bond motifs is 2. The Bertz CT molecular complexity index is 891. The third kappa shape index (κ3) is 2.81. The Labute approximate surface area is 159 Å². The SMILES string of the molecule is O=C(O)CC1[C@H]2CN(c3nc(-c4cccs4)nc4c3CCCC4(F)F)C[C@@H]12. The number of thiophene rings is 1. The maximum atomic E-state index is 14.6. The fourth-order valence-electron chi connectivity index (χ4n) is 4.71. The van der Waals surface area contributed by atoms with Gasteiger partial charge in [0.25, 0.3) is 5.92 Å². The molecule has 1 unspecified atom stereocenters. The van der Waals surface area contributed by atoms with Gasteiger partial charge in [-0.3, -0.25) is 4.79 Å². The largest absolute Gasteiger partial charge is 0.481 e. The molecular formula is C19H19F2N3O2S. The van der Waals surface area contributed by atoms with E-state index in [1.165, 1.54) is 11.3 Å². The van der Waals surface area contributed by atoms with Crippen molar-refractivity contribution in [2.24, 2.45) is 17.8 Å². The Morgan fingerprint density at radius 1 is 1.33 bits per heavy atom. The van der Waals surface area contributed by atoms with Gasteiger partial charge in [0.1, 0.15) is 11.5 Å². The number of anilines is 1. The number of nitrogens with zero attached hydrogens (tertiary/aromatic N) is 3. The first-order valence-electron chi connectivity index (χ1n) is 9.24. The molecule has 8 heteroatoms. The van der Waals surface area contributed by atoms with Crippen molar-refractivity contribution in [2.45, 2.75) is 31.6 Å². The lowest BCUT2D eigenvalue weighted by molar-refractivity contribution is -0.137. The minimum Gasteiger partial charge on any atom is -0.481 e. The van der Waals surface area contributed by atoms with E-state index in [0.29, 0.717) is 55.0 Å². The molecule has 2 aromatic heterocycles. The molecule has 1 N–H and O–H groups in total. The number of aliphatic carboxylic acids is 1. The van der Waals surface area contributed by atoms with Gasteiger partial charge in [0.15, 0.2) is 5.82 Å². The smallest absolute Gasteiger partial charge is 0.303 e. The number of alkyl halides is 2. The molecule has 27 heavy (non-hydrogen) atoms. The van der Waals surface area contributed by atoms with Crippen LogP contribution in [0.15, 0.2) is 17.5 Å². The molecule has 142 valence electrons. The van der Waals surface area contributed by atoms with Gasteiger partial charge in [-0.05, 0) is 42.0 Å². The molecule has 3 aliphatic rings. The lowest BCUT2D eigenvalue weighted by Crippen LogP contribution is -2.31. The van der Waals surface area contributed by atoms with E-state index in [0.717, 1.165) is 4.88 Å². The zero-order valence-corrected chi connectivity index (χ0v) is 15.4. The molecule has 1 saturated carbocycles. The second-order valence-electron chi connectivity index (χ2n) is 7.73. The Hall–Kier alpha value is -2.09. The number of halogens is 2. The van der Waals surface area contributed by atoms with Crippen LogP contribution in [0.4, 0.5) is 14.6 Å². The minimum absolute atomic E-state index is 0.121. The topological polar surface area (TPSA) is 66.3 Å². The first-order chi connectivity index (χ1) is 12.9. The van der Waals surface area contributed by atoms with Crippen LogP contribution in [-0.2, 0) is 17.1 Å². The number of aromatic nitrogens is 2. The molecule has 5 nitrogen and oxygen atoms in total. The summed E-state index contributed by atoms with van der Waals surface area (Å²) in [7, 11) is 0. The molecule has 1 saturated heterocycles. The highest BCUT2D eigenvalue weighted by Gasteiger charge is 2.57. The number of hydrogen-bond acceptors (Lipinski definition) is 5. The van der Waals surface area contributed by atoms with E-state index in [1.807, 2.05) is 17.5 Å². The van der Waals surface area contributed by atoms with Crippen molar-refractivity contribution in [1.82, 2.24) is 9.97 Å². The number of carboxylic acid groups (broad SMARTS) is 1. The standard InChI is InChI=1S/C19H19F2N3O2S/c20-19(21)5-1-3-10-16(19)22-17(14-4-2-6-27-14)23-18(10)24-8-12-11(7-15(25)26)13(12)9-24/h2,4,6,11-13H,1,3,5,7-9H2,(H,25,26)/t11?,12-,13+. The second kappa shape index (κ2) is 5.95. The molecule has 0 amide bonds. The van der Waals surface area contributed by atoms with Crippen molar-refractivity contribution in [2.75, 3.05) is 18.0 Å². The van der Waals surface area contributed by atoms with Gasteiger partial charge >= 0.3 is 5.97 Å². The Morgan fingerprint density at radius 3 is 2.78 bits per heavy atom. The Kier molecular flexibility index (Phi) is 3.76. The summed E-state index contributed by atoms with van der Waals surface area (Å²) in [5.74, 6) is -1.81. The van der Waals surface area contributed by atoms with Gasteiger partial charge in [-0.2, -0.15) is 8.78 Å². The van der Waals surface area contributed by atoms with Crippen molar-refractivity contribution in [3.63, 3.8) is 0 Å². The molecule has 2 aliphatic carbocycles. The third-order valence-corrected chi connectivity index (χ3v) is 6.94. The van der Waals surface area contributed by atoms with Crippen LogP contribution in [0, 0.1) is 17.8 Å². The van der Waals surface area contributed by atoms with E-state index >= 15 is 0 Å². The van der Waals surface area contributed by atoms with Crippen LogP contribution in [-0.4, -0.2) is 34.1 Å². The molecular weight excluding hydrogens is 372 g/mol. The summed E-state index contributed by atoms with van der Waals surface area (Å²) in [6.45, 7) is 1.39. The molecule has 0 radical (unpaired) electrons. The maximum Gasteiger partial charge on any atom is 0.303 e. The van der Waals surface area contributed by atoms with Crippen LogP contribution in [0.5, 0.6) is 0 Å². The molecule has 3 heterocycles. The van der Waals surface area contributed by atoms with E-state index in [9.17, 15) is 13.6 Å². The lowest BCUT2D eigenvalue weighted by atomic mass is 9.92. The molecule has 2 aromatic rings. The van der Waals surface area contributed by atoms with E-state index in [1.54, 1.807) is 0 Å². The Balaban J connectivity index is 1.51. The summed E-state index contributed by atoms with van der Waals surface area (Å²) in [5.41, 5.74) is 0.451. The number of rotatable bonds is 4. The number of hydrogen-bond donors (Lipinski definition) is 1. The van der Waals surface area contributed by atoms with Gasteiger partial charge in [0.2, 0.25) is 0 Å². The zero-order chi connectivity index (χ0) is 18.8. The average Bonchev–Trinajstić information content (AvgIpc) is 3.06. The summed E-state index contributed by atoms with van der Waals surface area (Å²) < 4.78 is 29.2. The average molecular weight is 391 g/mol. The van der Waals surface area contributed by atoms with Crippen molar-refractivity contribution in [3.05, 3.63) is 28.8 Å². The Morgan fingerprint density at radius 2 is 2.11 bits per heavy atom. The van der Waals surface area contributed by atoms with Gasteiger partial charge in [0, 0.05) is 31.5 Å². The van der Waals surface area contributed by atoms with E-state index in [-0.39, 0.29) is 24.5 Å². The summed E-state index contributed by atoms with van der Waals surface area (Å²) in [4.78, 5) is 22.8. The molecule has 0 spiro atoms. The third-order valence-electron chi connectivity index (χ3n) is 6.07. The predicted molar refractivity (Wildman–Crippen MR) is 97.1 cm³/mol. The highest BCUT2D eigenvalue weighted by Crippen LogP contribution is 2.55. The molecule has 3 atom stereocenters. The normalized spacial score (nSPS) is 27.9. The quantitative estimate of drug-likeness (QED) is 0.859. The molecule has 1 aliphatic heterocycles. The van der Waals surface area contributed by atoms with Gasteiger partial charge in [-0.25, -0.2) is 9.97 Å². The lowest BCUT2D eigenvalue weighted by Gasteiger charge is -2.30. The van der Waals surface area contributed by atoms with Crippen LogP contribution in [0.25, 0.3) is 10.7 Å². The van der Waals surface area contributed by atoms with Gasteiger partial charge in [0.05, 0.1) is 4.88 Å². The first kappa shape index (κ1) is 17.0. The van der Waals surface area contributed by atoms with Gasteiger partial charge in [-0.15, -0.1) is 11.3 Å².